The van der Waals surface area contributed by atoms with Crippen LogP contribution in [0.1, 0.15) is 23.2 Å². The third-order valence-corrected chi connectivity index (χ3v) is 5.89. The number of rotatable bonds is 2. The summed E-state index contributed by atoms with van der Waals surface area (Å²) in [5, 5.41) is 0. The SMILES string of the molecule is Cl.NC1CCC2CN(C(=O)c3ccc(-n4cnc5ccccc54)nc3)CC12. The number of carbonyl (C=O) groups is 1. The summed E-state index contributed by atoms with van der Waals surface area (Å²) >= 11 is 0. The van der Waals surface area contributed by atoms with Crippen LogP contribution in [0.4, 0.5) is 0 Å². The summed E-state index contributed by atoms with van der Waals surface area (Å²) in [4.78, 5) is 23.7. The maximum Gasteiger partial charge on any atom is 0.255 e. The van der Waals surface area contributed by atoms with E-state index in [1.165, 1.54) is 0 Å². The van der Waals surface area contributed by atoms with Gasteiger partial charge in [-0.15, -0.1) is 12.4 Å². The highest BCUT2D eigenvalue weighted by atomic mass is 35.5. The molecule has 3 unspecified atom stereocenters. The van der Waals surface area contributed by atoms with Gasteiger partial charge < -0.3 is 10.6 Å². The second kappa shape index (κ2) is 6.94. The van der Waals surface area contributed by atoms with Crippen LogP contribution in [0.25, 0.3) is 16.9 Å². The molecule has 2 aliphatic rings. The smallest absolute Gasteiger partial charge is 0.255 e. The Morgan fingerprint density at radius 2 is 1.93 bits per heavy atom. The molecule has 2 N–H and O–H groups in total. The fourth-order valence-corrected chi connectivity index (χ4v) is 4.45. The number of nitrogens with zero attached hydrogens (tertiary/aromatic N) is 4. The van der Waals surface area contributed by atoms with Gasteiger partial charge in [-0.2, -0.15) is 0 Å². The minimum absolute atomic E-state index is 0. The number of pyridine rings is 1. The number of halogens is 1. The predicted molar refractivity (Wildman–Crippen MR) is 106 cm³/mol. The van der Waals surface area contributed by atoms with E-state index in [2.05, 4.69) is 9.97 Å². The van der Waals surface area contributed by atoms with Crippen LogP contribution in [0.5, 0.6) is 0 Å². The fraction of sp³-hybridized carbons (Fsp3) is 0.350. The van der Waals surface area contributed by atoms with E-state index in [-0.39, 0.29) is 24.4 Å². The normalized spacial score (nSPS) is 24.0. The molecular weight excluding hydrogens is 362 g/mol. The van der Waals surface area contributed by atoms with Crippen LogP contribution in [0.15, 0.2) is 48.9 Å². The van der Waals surface area contributed by atoms with E-state index in [0.717, 1.165) is 42.8 Å². The van der Waals surface area contributed by atoms with Gasteiger partial charge in [-0.3, -0.25) is 9.36 Å². The van der Waals surface area contributed by atoms with Crippen molar-refractivity contribution in [3.05, 3.63) is 54.5 Å². The highest BCUT2D eigenvalue weighted by Gasteiger charge is 2.42. The first kappa shape index (κ1) is 17.9. The first-order valence-corrected chi connectivity index (χ1v) is 9.14. The van der Waals surface area contributed by atoms with Gasteiger partial charge in [-0.1, -0.05) is 12.1 Å². The topological polar surface area (TPSA) is 77.0 Å². The van der Waals surface area contributed by atoms with E-state index in [1.54, 1.807) is 12.5 Å². The molecule has 6 nitrogen and oxygen atoms in total. The number of fused-ring (bicyclic) bond motifs is 2. The average molecular weight is 384 g/mol. The summed E-state index contributed by atoms with van der Waals surface area (Å²) < 4.78 is 1.93. The van der Waals surface area contributed by atoms with Gasteiger partial charge in [0.1, 0.15) is 12.1 Å². The molecule has 0 spiro atoms. The van der Waals surface area contributed by atoms with E-state index >= 15 is 0 Å². The number of aromatic nitrogens is 3. The second-order valence-corrected chi connectivity index (χ2v) is 7.38. The molecule has 3 aromatic rings. The monoisotopic (exact) mass is 383 g/mol. The Morgan fingerprint density at radius 1 is 1.07 bits per heavy atom. The van der Waals surface area contributed by atoms with Crippen molar-refractivity contribution in [3.63, 3.8) is 0 Å². The van der Waals surface area contributed by atoms with Gasteiger partial charge in [0.2, 0.25) is 0 Å². The molecule has 27 heavy (non-hydrogen) atoms. The van der Waals surface area contributed by atoms with E-state index in [0.29, 0.717) is 17.4 Å². The Balaban J connectivity index is 0.00000180. The Labute approximate surface area is 163 Å². The van der Waals surface area contributed by atoms with Gasteiger partial charge in [-0.05, 0) is 48.9 Å². The quantitative estimate of drug-likeness (QED) is 0.738. The van der Waals surface area contributed by atoms with E-state index < -0.39 is 0 Å². The zero-order chi connectivity index (χ0) is 17.7. The maximum absolute atomic E-state index is 12.8. The number of para-hydroxylation sites is 2. The molecule has 3 heterocycles. The van der Waals surface area contributed by atoms with E-state index in [4.69, 9.17) is 5.73 Å². The lowest BCUT2D eigenvalue weighted by Crippen LogP contribution is -2.33. The summed E-state index contributed by atoms with van der Waals surface area (Å²) in [6, 6.07) is 11.9. The minimum atomic E-state index is 0. The van der Waals surface area contributed by atoms with Crippen LogP contribution in [0, 0.1) is 11.8 Å². The van der Waals surface area contributed by atoms with Crippen LogP contribution in [-0.2, 0) is 0 Å². The molecule has 1 aliphatic heterocycles. The molecule has 0 radical (unpaired) electrons. The Morgan fingerprint density at radius 3 is 2.70 bits per heavy atom. The summed E-state index contributed by atoms with van der Waals surface area (Å²) in [6.07, 6.45) is 5.66. The van der Waals surface area contributed by atoms with Crippen molar-refractivity contribution >= 4 is 29.3 Å². The van der Waals surface area contributed by atoms with Crippen molar-refractivity contribution in [2.75, 3.05) is 13.1 Å². The lowest BCUT2D eigenvalue weighted by molar-refractivity contribution is 0.0779. The number of benzene rings is 1. The second-order valence-electron chi connectivity index (χ2n) is 7.38. The molecule has 1 aliphatic carbocycles. The van der Waals surface area contributed by atoms with Crippen molar-refractivity contribution in [2.24, 2.45) is 17.6 Å². The van der Waals surface area contributed by atoms with Crippen LogP contribution >= 0.6 is 12.4 Å². The summed E-state index contributed by atoms with van der Waals surface area (Å²) in [6.45, 7) is 1.60. The number of imidazole rings is 1. The van der Waals surface area contributed by atoms with Gasteiger partial charge in [0.25, 0.3) is 5.91 Å². The summed E-state index contributed by atoms with van der Waals surface area (Å²) in [7, 11) is 0. The Hall–Kier alpha value is -2.44. The maximum atomic E-state index is 12.8. The predicted octanol–water partition coefficient (Wildman–Crippen LogP) is 2.65. The number of carbonyl (C=O) groups excluding carboxylic acids is 1. The van der Waals surface area contributed by atoms with Crippen LogP contribution in [0.3, 0.4) is 0 Å². The molecule has 7 heteroatoms. The van der Waals surface area contributed by atoms with E-state index in [1.807, 2.05) is 45.9 Å². The zero-order valence-electron chi connectivity index (χ0n) is 14.9. The lowest BCUT2D eigenvalue weighted by Gasteiger charge is -2.18. The van der Waals surface area contributed by atoms with Crippen molar-refractivity contribution in [1.82, 2.24) is 19.4 Å². The van der Waals surface area contributed by atoms with Crippen molar-refractivity contribution in [3.8, 4) is 5.82 Å². The number of amides is 1. The van der Waals surface area contributed by atoms with Crippen molar-refractivity contribution < 1.29 is 4.79 Å². The molecule has 0 bridgehead atoms. The molecule has 1 aromatic carbocycles. The molecule has 5 rings (SSSR count). The number of hydrogen-bond acceptors (Lipinski definition) is 4. The number of hydrogen-bond donors (Lipinski definition) is 1. The van der Waals surface area contributed by atoms with Gasteiger partial charge in [0.15, 0.2) is 0 Å². The fourth-order valence-electron chi connectivity index (χ4n) is 4.45. The molecule has 1 saturated heterocycles. The molecule has 2 aromatic heterocycles. The van der Waals surface area contributed by atoms with Gasteiger partial charge in [0, 0.05) is 25.3 Å². The molecule has 2 fully saturated rings. The molecule has 1 amide bonds. The van der Waals surface area contributed by atoms with E-state index in [9.17, 15) is 4.79 Å². The first-order valence-electron chi connectivity index (χ1n) is 9.14. The summed E-state index contributed by atoms with van der Waals surface area (Å²) in [5.74, 6) is 1.85. The van der Waals surface area contributed by atoms with Gasteiger partial charge in [-0.25, -0.2) is 9.97 Å². The number of likely N-dealkylation sites (tertiary alicyclic amines) is 1. The standard InChI is InChI=1S/C20H21N5O.ClH/c21-16-7-5-14-10-24(11-15(14)16)20(26)13-6-8-19(22-9-13)25-12-23-17-3-1-2-4-18(17)25;/h1-4,6,8-9,12,14-16H,5,7,10-11,21H2;1H. The van der Waals surface area contributed by atoms with Crippen LogP contribution < -0.4 is 5.73 Å². The Bertz CT molecular complexity index is 970. The molecule has 3 atom stereocenters. The molecule has 140 valence electrons. The molecular formula is C20H22ClN5O. The average Bonchev–Trinajstić information content (AvgIpc) is 3.37. The molecule has 1 saturated carbocycles. The van der Waals surface area contributed by atoms with Crippen molar-refractivity contribution in [2.45, 2.75) is 18.9 Å². The van der Waals surface area contributed by atoms with Gasteiger partial charge >= 0.3 is 0 Å². The third-order valence-electron chi connectivity index (χ3n) is 5.89. The highest BCUT2D eigenvalue weighted by molar-refractivity contribution is 5.94. The van der Waals surface area contributed by atoms with Gasteiger partial charge in [0.05, 0.1) is 16.6 Å². The number of nitrogens with two attached hydrogens (primary N) is 1. The first-order chi connectivity index (χ1) is 12.7. The van der Waals surface area contributed by atoms with Crippen LogP contribution in [0.2, 0.25) is 0 Å². The zero-order valence-corrected chi connectivity index (χ0v) is 15.7. The lowest BCUT2D eigenvalue weighted by atomic mass is 9.98. The van der Waals surface area contributed by atoms with Crippen molar-refractivity contribution in [1.29, 1.82) is 0 Å². The Kier molecular flexibility index (Phi) is 4.61. The summed E-state index contributed by atoms with van der Waals surface area (Å²) in [5.41, 5.74) is 8.74. The minimum Gasteiger partial charge on any atom is -0.338 e. The highest BCUT2D eigenvalue weighted by Crippen LogP contribution is 2.37. The third kappa shape index (κ3) is 2.99. The largest absolute Gasteiger partial charge is 0.338 e. The van der Waals surface area contributed by atoms with Crippen LogP contribution in [-0.4, -0.2) is 44.5 Å².